The van der Waals surface area contributed by atoms with Gasteiger partial charge in [0, 0.05) is 12.5 Å². The molecule has 0 heterocycles. The normalized spacial score (nSPS) is 12.3. The number of rotatable bonds is 7. The van der Waals surface area contributed by atoms with Crippen molar-refractivity contribution in [2.75, 3.05) is 27.4 Å². The average molecular weight is 431 g/mol. The molecule has 6 heteroatoms. The first-order valence-electron chi connectivity index (χ1n) is 10.3. The summed E-state index contributed by atoms with van der Waals surface area (Å²) in [5.41, 5.74) is 5.51. The van der Waals surface area contributed by atoms with Gasteiger partial charge in [0.15, 0.2) is 11.5 Å². The first-order chi connectivity index (χ1) is 15.6. The zero-order valence-corrected chi connectivity index (χ0v) is 18.0. The van der Waals surface area contributed by atoms with Crippen LogP contribution in [0, 0.1) is 0 Å². The van der Waals surface area contributed by atoms with Crippen molar-refractivity contribution < 1.29 is 24.1 Å². The number of carbonyl (C=O) groups is 1. The van der Waals surface area contributed by atoms with Gasteiger partial charge in [0.1, 0.15) is 6.61 Å². The summed E-state index contributed by atoms with van der Waals surface area (Å²) in [6, 6.07) is 19.8. The smallest absolute Gasteiger partial charge is 0.407 e. The number of nitrogens with one attached hydrogen (secondary N) is 1. The molecule has 0 radical (unpaired) electrons. The quantitative estimate of drug-likeness (QED) is 0.553. The van der Waals surface area contributed by atoms with E-state index >= 15 is 0 Å². The van der Waals surface area contributed by atoms with E-state index in [4.69, 9.17) is 14.2 Å². The molecule has 3 aromatic rings. The Hall–Kier alpha value is -3.93. The van der Waals surface area contributed by atoms with Crippen molar-refractivity contribution >= 4 is 12.2 Å². The topological polar surface area (TPSA) is 77.0 Å². The lowest BCUT2D eigenvalue weighted by Gasteiger charge is -2.14. The fourth-order valence-corrected chi connectivity index (χ4v) is 4.00. The number of phenols is 1. The first kappa shape index (κ1) is 21.3. The van der Waals surface area contributed by atoms with E-state index in [0.717, 1.165) is 5.56 Å². The van der Waals surface area contributed by atoms with Gasteiger partial charge in [-0.05, 0) is 39.9 Å². The number of methoxy groups -OCH3 is 2. The summed E-state index contributed by atoms with van der Waals surface area (Å²) in [6.45, 7) is 0.568. The third-order valence-corrected chi connectivity index (χ3v) is 5.52. The van der Waals surface area contributed by atoms with Gasteiger partial charge in [-0.1, -0.05) is 60.7 Å². The highest BCUT2D eigenvalue weighted by molar-refractivity contribution is 5.79. The van der Waals surface area contributed by atoms with Crippen LogP contribution < -0.4 is 14.8 Å². The summed E-state index contributed by atoms with van der Waals surface area (Å²) in [5, 5.41) is 12.7. The van der Waals surface area contributed by atoms with Crippen LogP contribution in [0.3, 0.4) is 0 Å². The Bertz CT molecular complexity index is 1080. The van der Waals surface area contributed by atoms with Gasteiger partial charge in [-0.25, -0.2) is 4.79 Å². The van der Waals surface area contributed by atoms with Crippen LogP contribution >= 0.6 is 0 Å². The number of phenolic OH excluding ortho intramolecular Hbond substituents is 1. The van der Waals surface area contributed by atoms with Gasteiger partial charge in [-0.3, -0.25) is 0 Å². The molecule has 2 N–H and O–H groups in total. The number of benzene rings is 3. The lowest BCUT2D eigenvalue weighted by molar-refractivity contribution is 0.144. The molecule has 0 spiro atoms. The van der Waals surface area contributed by atoms with Gasteiger partial charge in [-0.15, -0.1) is 0 Å². The second-order valence-corrected chi connectivity index (χ2v) is 7.38. The number of fused-ring (bicyclic) bond motifs is 3. The Balaban J connectivity index is 1.34. The Morgan fingerprint density at radius 2 is 1.53 bits per heavy atom. The number of alkyl carbamates (subject to hydrolysis) is 1. The Labute approximate surface area is 187 Å². The highest BCUT2D eigenvalue weighted by Gasteiger charge is 2.28. The minimum atomic E-state index is -0.475. The summed E-state index contributed by atoms with van der Waals surface area (Å²) in [4.78, 5) is 12.2. The average Bonchev–Trinajstić information content (AvgIpc) is 3.15. The van der Waals surface area contributed by atoms with E-state index in [1.807, 2.05) is 24.3 Å². The van der Waals surface area contributed by atoms with E-state index in [2.05, 4.69) is 29.6 Å². The lowest BCUT2D eigenvalue weighted by Crippen LogP contribution is -2.26. The zero-order valence-electron chi connectivity index (χ0n) is 18.0. The molecule has 1 aliphatic rings. The summed E-state index contributed by atoms with van der Waals surface area (Å²) in [5.74, 6) is 0.603. The Morgan fingerprint density at radius 3 is 2.09 bits per heavy atom. The molecule has 0 saturated heterocycles. The minimum Gasteiger partial charge on any atom is -0.502 e. The van der Waals surface area contributed by atoms with Crippen LogP contribution in [0.15, 0.2) is 66.7 Å². The first-order valence-corrected chi connectivity index (χ1v) is 10.3. The van der Waals surface area contributed by atoms with E-state index in [1.165, 1.54) is 36.5 Å². The highest BCUT2D eigenvalue weighted by Crippen LogP contribution is 2.44. The second-order valence-electron chi connectivity index (χ2n) is 7.38. The summed E-state index contributed by atoms with van der Waals surface area (Å²) >= 11 is 0. The highest BCUT2D eigenvalue weighted by atomic mass is 16.5. The van der Waals surface area contributed by atoms with E-state index in [0.29, 0.717) is 18.0 Å². The van der Waals surface area contributed by atoms with Gasteiger partial charge < -0.3 is 24.6 Å². The van der Waals surface area contributed by atoms with E-state index < -0.39 is 6.09 Å². The lowest BCUT2D eigenvalue weighted by atomic mass is 9.98. The number of ether oxygens (including phenoxy) is 3. The van der Waals surface area contributed by atoms with Crippen LogP contribution in [0.1, 0.15) is 22.6 Å². The van der Waals surface area contributed by atoms with Crippen LogP contribution in [-0.4, -0.2) is 38.6 Å². The molecule has 164 valence electrons. The molecule has 1 aliphatic carbocycles. The second kappa shape index (κ2) is 9.47. The van der Waals surface area contributed by atoms with Crippen molar-refractivity contribution in [3.8, 4) is 28.4 Å². The van der Waals surface area contributed by atoms with E-state index in [9.17, 15) is 9.90 Å². The van der Waals surface area contributed by atoms with Crippen molar-refractivity contribution in [2.45, 2.75) is 5.92 Å². The number of hydrogen-bond donors (Lipinski definition) is 2. The van der Waals surface area contributed by atoms with Gasteiger partial charge >= 0.3 is 6.09 Å². The minimum absolute atomic E-state index is 0.0284. The largest absolute Gasteiger partial charge is 0.502 e. The van der Waals surface area contributed by atoms with E-state index in [-0.39, 0.29) is 18.3 Å². The van der Waals surface area contributed by atoms with Crippen LogP contribution in [0.25, 0.3) is 17.2 Å². The molecule has 0 aromatic heterocycles. The predicted octanol–water partition coefficient (Wildman–Crippen LogP) is 4.96. The Morgan fingerprint density at radius 1 is 0.969 bits per heavy atom. The van der Waals surface area contributed by atoms with Crippen molar-refractivity contribution in [1.29, 1.82) is 0 Å². The van der Waals surface area contributed by atoms with E-state index in [1.54, 1.807) is 24.3 Å². The molecule has 0 aliphatic heterocycles. The number of carbonyl (C=O) groups excluding carboxylic acids is 1. The van der Waals surface area contributed by atoms with Gasteiger partial charge in [0.05, 0.1) is 14.2 Å². The fraction of sp³-hybridized carbons (Fsp3) is 0.192. The third kappa shape index (κ3) is 4.25. The molecule has 6 nitrogen and oxygen atoms in total. The zero-order chi connectivity index (χ0) is 22.5. The molecule has 1 amide bonds. The fourth-order valence-electron chi connectivity index (χ4n) is 4.00. The summed E-state index contributed by atoms with van der Waals surface area (Å²) in [7, 11) is 2.95. The van der Waals surface area contributed by atoms with Gasteiger partial charge in [0.2, 0.25) is 5.75 Å². The molecule has 0 saturated carbocycles. The maximum Gasteiger partial charge on any atom is 0.407 e. The van der Waals surface area contributed by atoms with Crippen molar-refractivity contribution in [3.63, 3.8) is 0 Å². The number of hydrogen-bond acceptors (Lipinski definition) is 5. The van der Waals surface area contributed by atoms with Crippen LogP contribution in [-0.2, 0) is 4.74 Å². The maximum absolute atomic E-state index is 12.2. The molecular weight excluding hydrogens is 406 g/mol. The van der Waals surface area contributed by atoms with Crippen molar-refractivity contribution in [1.82, 2.24) is 5.32 Å². The molecule has 3 aromatic carbocycles. The number of aromatic hydroxyl groups is 1. The van der Waals surface area contributed by atoms with Crippen LogP contribution in [0.5, 0.6) is 17.2 Å². The molecule has 32 heavy (non-hydrogen) atoms. The predicted molar refractivity (Wildman–Crippen MR) is 123 cm³/mol. The van der Waals surface area contributed by atoms with Crippen LogP contribution in [0.4, 0.5) is 4.79 Å². The molecule has 0 fully saturated rings. The summed E-state index contributed by atoms with van der Waals surface area (Å²) < 4.78 is 15.8. The molecule has 0 bridgehead atoms. The van der Waals surface area contributed by atoms with Crippen molar-refractivity contribution in [3.05, 3.63) is 83.4 Å². The maximum atomic E-state index is 12.2. The summed E-state index contributed by atoms with van der Waals surface area (Å²) in [6.07, 6.45) is 3.11. The SMILES string of the molecule is COc1cc(C=CCNC(=O)OCC2c3ccccc3-c3ccccc32)cc(OC)c1O. The molecule has 4 rings (SSSR count). The monoisotopic (exact) mass is 431 g/mol. The standard InChI is InChI=1S/C26H25NO5/c1-30-23-14-17(15-24(31-2)25(23)28)8-7-13-27-26(29)32-16-22-20-11-5-3-9-18(20)19-10-4-6-12-21(19)22/h3-12,14-15,22,28H,13,16H2,1-2H3,(H,27,29). The molecule has 0 atom stereocenters. The van der Waals surface area contributed by atoms with Crippen LogP contribution in [0.2, 0.25) is 0 Å². The third-order valence-electron chi connectivity index (χ3n) is 5.52. The molecular formula is C26H25NO5. The van der Waals surface area contributed by atoms with Gasteiger partial charge in [-0.2, -0.15) is 0 Å². The Kier molecular flexibility index (Phi) is 6.31. The number of amides is 1. The van der Waals surface area contributed by atoms with Gasteiger partial charge in [0.25, 0.3) is 0 Å². The van der Waals surface area contributed by atoms with Crippen molar-refractivity contribution in [2.24, 2.45) is 0 Å². The molecule has 0 unspecified atom stereocenters.